The summed E-state index contributed by atoms with van der Waals surface area (Å²) in [6.07, 6.45) is 4.59. The summed E-state index contributed by atoms with van der Waals surface area (Å²) in [7, 11) is 0. The summed E-state index contributed by atoms with van der Waals surface area (Å²) in [5, 5.41) is 6.77. The molecule has 1 aromatic heterocycles. The number of hydrogen-bond acceptors (Lipinski definition) is 5. The molecule has 124 valence electrons. The third-order valence-electron chi connectivity index (χ3n) is 3.37. The van der Waals surface area contributed by atoms with E-state index in [4.69, 9.17) is 4.52 Å². The number of aryl methyl sites for hydroxylation is 1. The molecule has 0 aliphatic heterocycles. The number of rotatable bonds is 9. The third-order valence-corrected chi connectivity index (χ3v) is 4.43. The van der Waals surface area contributed by atoms with E-state index in [9.17, 15) is 4.79 Å². The number of thioether (sulfide) groups is 1. The van der Waals surface area contributed by atoms with E-state index in [1.807, 2.05) is 24.3 Å². The molecule has 0 unspecified atom stereocenters. The smallest absolute Gasteiger partial charge is 0.252 e. The van der Waals surface area contributed by atoms with Crippen molar-refractivity contribution in [3.63, 3.8) is 0 Å². The first-order valence-corrected chi connectivity index (χ1v) is 8.98. The first-order valence-electron chi connectivity index (χ1n) is 8.00. The number of nitrogens with zero attached hydrogens (tertiary/aromatic N) is 2. The average Bonchev–Trinajstić information content (AvgIpc) is 2.98. The van der Waals surface area contributed by atoms with Crippen molar-refractivity contribution in [2.24, 2.45) is 0 Å². The van der Waals surface area contributed by atoms with Gasteiger partial charge in [-0.1, -0.05) is 43.5 Å². The van der Waals surface area contributed by atoms with E-state index < -0.39 is 0 Å². The van der Waals surface area contributed by atoms with Gasteiger partial charge in [-0.05, 0) is 25.5 Å². The minimum atomic E-state index is -0.0219. The van der Waals surface area contributed by atoms with Crippen LogP contribution in [0.1, 0.15) is 54.7 Å². The van der Waals surface area contributed by atoms with Gasteiger partial charge in [0.25, 0.3) is 5.91 Å². The van der Waals surface area contributed by atoms with Gasteiger partial charge in [-0.3, -0.25) is 4.79 Å². The second kappa shape index (κ2) is 9.35. The standard InChI is InChI=1S/C17H23N3O2S/c1-3-4-5-8-11-18-17(21)14-9-6-7-10-15(14)23-12-16-19-13(2)20-22-16/h6-7,9-10H,3-5,8,11-12H2,1-2H3,(H,18,21). The van der Waals surface area contributed by atoms with Crippen LogP contribution >= 0.6 is 11.8 Å². The summed E-state index contributed by atoms with van der Waals surface area (Å²) in [6.45, 7) is 4.69. The van der Waals surface area contributed by atoms with Crippen molar-refractivity contribution in [2.75, 3.05) is 6.54 Å². The van der Waals surface area contributed by atoms with E-state index in [1.54, 1.807) is 6.92 Å². The predicted octanol–water partition coefficient (Wildman–Crippen LogP) is 3.98. The Bertz CT molecular complexity index is 628. The summed E-state index contributed by atoms with van der Waals surface area (Å²) >= 11 is 1.53. The van der Waals surface area contributed by atoms with Gasteiger partial charge in [-0.2, -0.15) is 4.98 Å². The Morgan fingerprint density at radius 3 is 2.83 bits per heavy atom. The number of carbonyl (C=O) groups excluding carboxylic acids is 1. The Kier molecular flexibility index (Phi) is 7.13. The molecule has 0 radical (unpaired) electrons. The van der Waals surface area contributed by atoms with Crippen molar-refractivity contribution in [3.05, 3.63) is 41.5 Å². The van der Waals surface area contributed by atoms with Crippen molar-refractivity contribution in [1.82, 2.24) is 15.5 Å². The Morgan fingerprint density at radius 2 is 2.09 bits per heavy atom. The maximum Gasteiger partial charge on any atom is 0.252 e. The Balaban J connectivity index is 1.89. The van der Waals surface area contributed by atoms with Crippen LogP contribution in [0, 0.1) is 6.92 Å². The van der Waals surface area contributed by atoms with Crippen LogP contribution in [0.15, 0.2) is 33.7 Å². The lowest BCUT2D eigenvalue weighted by Gasteiger charge is -2.09. The molecule has 0 bridgehead atoms. The fraction of sp³-hybridized carbons (Fsp3) is 0.471. The molecule has 0 fully saturated rings. The Morgan fingerprint density at radius 1 is 1.26 bits per heavy atom. The number of amides is 1. The number of nitrogens with one attached hydrogen (secondary N) is 1. The first-order chi connectivity index (χ1) is 11.2. The van der Waals surface area contributed by atoms with Crippen molar-refractivity contribution in [2.45, 2.75) is 50.2 Å². The van der Waals surface area contributed by atoms with Crippen LogP contribution in [0.2, 0.25) is 0 Å². The molecule has 0 saturated heterocycles. The van der Waals surface area contributed by atoms with Gasteiger partial charge in [-0.15, -0.1) is 11.8 Å². The molecule has 23 heavy (non-hydrogen) atoms. The van der Waals surface area contributed by atoms with E-state index in [1.165, 1.54) is 24.6 Å². The summed E-state index contributed by atoms with van der Waals surface area (Å²) in [4.78, 5) is 17.4. The first kappa shape index (κ1) is 17.5. The second-order valence-electron chi connectivity index (χ2n) is 5.34. The average molecular weight is 333 g/mol. The van der Waals surface area contributed by atoms with E-state index in [0.717, 1.165) is 24.3 Å². The normalized spacial score (nSPS) is 10.7. The second-order valence-corrected chi connectivity index (χ2v) is 6.35. The van der Waals surface area contributed by atoms with Crippen molar-refractivity contribution in [1.29, 1.82) is 0 Å². The molecule has 1 N–H and O–H groups in total. The molecule has 2 aromatic rings. The van der Waals surface area contributed by atoms with E-state index >= 15 is 0 Å². The lowest BCUT2D eigenvalue weighted by atomic mass is 10.2. The molecule has 1 heterocycles. The van der Waals surface area contributed by atoms with Crippen LogP contribution in [-0.2, 0) is 5.75 Å². The molecule has 1 aromatic carbocycles. The molecular weight excluding hydrogens is 310 g/mol. The van der Waals surface area contributed by atoms with Gasteiger partial charge < -0.3 is 9.84 Å². The molecule has 2 rings (SSSR count). The molecule has 5 nitrogen and oxygen atoms in total. The monoisotopic (exact) mass is 333 g/mol. The molecule has 0 aliphatic rings. The fourth-order valence-corrected chi connectivity index (χ4v) is 3.05. The van der Waals surface area contributed by atoms with Crippen molar-refractivity contribution < 1.29 is 9.32 Å². The number of benzene rings is 1. The Hall–Kier alpha value is -1.82. The summed E-state index contributed by atoms with van der Waals surface area (Å²) < 4.78 is 5.11. The van der Waals surface area contributed by atoms with Crippen LogP contribution < -0.4 is 5.32 Å². The van der Waals surface area contributed by atoms with E-state index in [-0.39, 0.29) is 5.91 Å². The minimum absolute atomic E-state index is 0.0219. The molecule has 1 amide bonds. The molecule has 6 heteroatoms. The summed E-state index contributed by atoms with van der Waals surface area (Å²) in [5.41, 5.74) is 0.698. The zero-order valence-corrected chi connectivity index (χ0v) is 14.5. The maximum atomic E-state index is 12.3. The van der Waals surface area contributed by atoms with Gasteiger partial charge in [0, 0.05) is 11.4 Å². The fourth-order valence-electron chi connectivity index (χ4n) is 2.17. The zero-order chi connectivity index (χ0) is 16.5. The van der Waals surface area contributed by atoms with Crippen LogP contribution in [0.25, 0.3) is 0 Å². The lowest BCUT2D eigenvalue weighted by Crippen LogP contribution is -2.24. The summed E-state index contributed by atoms with van der Waals surface area (Å²) in [5.74, 6) is 1.73. The highest BCUT2D eigenvalue weighted by molar-refractivity contribution is 7.98. The molecule has 0 spiro atoms. The van der Waals surface area contributed by atoms with Crippen LogP contribution in [0.4, 0.5) is 0 Å². The molecule has 0 saturated carbocycles. The highest BCUT2D eigenvalue weighted by Gasteiger charge is 2.12. The van der Waals surface area contributed by atoms with Gasteiger partial charge >= 0.3 is 0 Å². The lowest BCUT2D eigenvalue weighted by molar-refractivity contribution is 0.0950. The van der Waals surface area contributed by atoms with Crippen molar-refractivity contribution >= 4 is 17.7 Å². The number of unbranched alkanes of at least 4 members (excludes halogenated alkanes) is 3. The van der Waals surface area contributed by atoms with Gasteiger partial charge in [0.15, 0.2) is 5.82 Å². The van der Waals surface area contributed by atoms with E-state index in [0.29, 0.717) is 23.0 Å². The van der Waals surface area contributed by atoms with Gasteiger partial charge in [-0.25, -0.2) is 0 Å². The van der Waals surface area contributed by atoms with Crippen molar-refractivity contribution in [3.8, 4) is 0 Å². The predicted molar refractivity (Wildman–Crippen MR) is 91.5 cm³/mol. The summed E-state index contributed by atoms with van der Waals surface area (Å²) in [6, 6.07) is 7.61. The third kappa shape index (κ3) is 5.71. The number of aromatic nitrogens is 2. The SMILES string of the molecule is CCCCCCNC(=O)c1ccccc1SCc1nc(C)no1. The van der Waals surface area contributed by atoms with Gasteiger partial charge in [0.05, 0.1) is 11.3 Å². The molecule has 0 atom stereocenters. The highest BCUT2D eigenvalue weighted by Crippen LogP contribution is 2.25. The molecule has 0 aliphatic carbocycles. The Labute approximate surface area is 141 Å². The molecular formula is C17H23N3O2S. The van der Waals surface area contributed by atoms with Crippen LogP contribution in [0.3, 0.4) is 0 Å². The minimum Gasteiger partial charge on any atom is -0.352 e. The van der Waals surface area contributed by atoms with Gasteiger partial charge in [0.1, 0.15) is 0 Å². The maximum absolute atomic E-state index is 12.3. The zero-order valence-electron chi connectivity index (χ0n) is 13.7. The number of hydrogen-bond donors (Lipinski definition) is 1. The van der Waals surface area contributed by atoms with E-state index in [2.05, 4.69) is 22.4 Å². The largest absolute Gasteiger partial charge is 0.352 e. The quantitative estimate of drug-likeness (QED) is 0.555. The topological polar surface area (TPSA) is 68.0 Å². The number of carbonyl (C=O) groups is 1. The van der Waals surface area contributed by atoms with Gasteiger partial charge in [0.2, 0.25) is 5.89 Å². The van der Waals surface area contributed by atoms with Crippen LogP contribution in [-0.4, -0.2) is 22.6 Å². The highest BCUT2D eigenvalue weighted by atomic mass is 32.2. The van der Waals surface area contributed by atoms with Crippen LogP contribution in [0.5, 0.6) is 0 Å².